The van der Waals surface area contributed by atoms with E-state index in [0.717, 1.165) is 24.6 Å². The highest BCUT2D eigenvalue weighted by Crippen LogP contribution is 1.96. The van der Waals surface area contributed by atoms with Crippen molar-refractivity contribution in [3.8, 4) is 0 Å². The molecule has 0 rings (SSSR count). The summed E-state index contributed by atoms with van der Waals surface area (Å²) in [5, 5.41) is 0. The smallest absolute Gasteiger partial charge is 0.00729 e. The van der Waals surface area contributed by atoms with Crippen molar-refractivity contribution in [3.05, 3.63) is 0 Å². The normalized spacial score (nSPS) is 10.9. The van der Waals surface area contributed by atoms with Gasteiger partial charge < -0.3 is 4.90 Å². The molecule has 0 spiro atoms. The monoisotopic (exact) mass is 211 g/mol. The molecule has 0 aromatic heterocycles. The van der Waals surface area contributed by atoms with E-state index in [1.54, 1.807) is 0 Å². The number of thioether (sulfide) groups is 1. The van der Waals surface area contributed by atoms with E-state index in [9.17, 15) is 0 Å². The van der Waals surface area contributed by atoms with E-state index in [-0.39, 0.29) is 0 Å². The van der Waals surface area contributed by atoms with Gasteiger partial charge in [0.25, 0.3) is 0 Å². The van der Waals surface area contributed by atoms with Crippen LogP contribution in [0.2, 0.25) is 0 Å². The third-order valence-electron chi connectivity index (χ3n) is 1.44. The van der Waals surface area contributed by atoms with E-state index in [0.29, 0.717) is 0 Å². The van der Waals surface area contributed by atoms with Gasteiger partial charge in [-0.1, -0.05) is 0 Å². The minimum absolute atomic E-state index is 0.947. The Hall–Kier alpha value is 1.01. The first-order chi connectivity index (χ1) is 5.35. The third kappa shape index (κ3) is 7.37. The number of nitrogens with zero attached hydrogens (tertiary/aromatic N) is 1. The minimum Gasteiger partial charge on any atom is -0.301 e. The van der Waals surface area contributed by atoms with Crippen LogP contribution in [0.3, 0.4) is 0 Å². The molecule has 0 aromatic rings. The fourth-order valence-electron chi connectivity index (χ4n) is 0.839. The molecular weight excluding hydrogens is 194 g/mol. The van der Waals surface area contributed by atoms with Crippen LogP contribution >= 0.6 is 37.0 Å². The highest BCUT2D eigenvalue weighted by Gasteiger charge is 2.00. The van der Waals surface area contributed by atoms with E-state index in [4.69, 9.17) is 0 Å². The Morgan fingerprint density at radius 2 is 1.64 bits per heavy atom. The van der Waals surface area contributed by atoms with Gasteiger partial charge in [-0.05, 0) is 6.26 Å². The molecule has 4 heteroatoms. The van der Waals surface area contributed by atoms with Gasteiger partial charge in [-0.3, -0.25) is 0 Å². The van der Waals surface area contributed by atoms with Gasteiger partial charge in [0.15, 0.2) is 0 Å². The Balaban J connectivity index is 3.34. The zero-order valence-corrected chi connectivity index (χ0v) is 9.60. The lowest BCUT2D eigenvalue weighted by molar-refractivity contribution is 0.330. The van der Waals surface area contributed by atoms with Gasteiger partial charge in [0.05, 0.1) is 0 Å². The number of rotatable bonds is 7. The maximum atomic E-state index is 4.20. The number of hydrogen-bond acceptors (Lipinski definition) is 4. The topological polar surface area (TPSA) is 3.24 Å². The summed E-state index contributed by atoms with van der Waals surface area (Å²) in [6, 6.07) is 0. The molecule has 0 saturated carbocycles. The van der Waals surface area contributed by atoms with Crippen LogP contribution in [0.4, 0.5) is 0 Å². The summed E-state index contributed by atoms with van der Waals surface area (Å²) in [6.07, 6.45) is 2.14. The molecule has 0 aliphatic heterocycles. The van der Waals surface area contributed by atoms with Crippen molar-refractivity contribution in [1.82, 2.24) is 4.90 Å². The second-order valence-electron chi connectivity index (χ2n) is 2.28. The van der Waals surface area contributed by atoms with Crippen molar-refractivity contribution in [2.75, 3.05) is 43.1 Å². The molecule has 0 saturated heterocycles. The Labute approximate surface area is 85.1 Å². The molecule has 0 aliphatic carbocycles. The predicted molar refractivity (Wildman–Crippen MR) is 62.5 cm³/mol. The molecule has 0 atom stereocenters. The number of hydrogen-bond donors (Lipinski definition) is 2. The van der Waals surface area contributed by atoms with Gasteiger partial charge in [0.2, 0.25) is 0 Å². The average molecular weight is 211 g/mol. The molecule has 0 fully saturated rings. The maximum absolute atomic E-state index is 4.20. The summed E-state index contributed by atoms with van der Waals surface area (Å²) in [6.45, 7) is 3.34. The van der Waals surface area contributed by atoms with Crippen molar-refractivity contribution in [2.45, 2.75) is 0 Å². The molecule has 0 aromatic carbocycles. The van der Waals surface area contributed by atoms with Crippen LogP contribution in [0.25, 0.3) is 0 Å². The van der Waals surface area contributed by atoms with Gasteiger partial charge in [0.1, 0.15) is 0 Å². The van der Waals surface area contributed by atoms with Crippen molar-refractivity contribution in [2.24, 2.45) is 0 Å². The van der Waals surface area contributed by atoms with Gasteiger partial charge in [-0.15, -0.1) is 0 Å². The largest absolute Gasteiger partial charge is 0.301 e. The lowest BCUT2D eigenvalue weighted by Gasteiger charge is -2.19. The van der Waals surface area contributed by atoms with E-state index in [1.807, 2.05) is 11.8 Å². The molecule has 0 bridgehead atoms. The highest BCUT2D eigenvalue weighted by molar-refractivity contribution is 7.98. The molecule has 1 nitrogen and oxygen atoms in total. The highest BCUT2D eigenvalue weighted by atomic mass is 32.2. The minimum atomic E-state index is 0.947. The Morgan fingerprint density at radius 1 is 1.09 bits per heavy atom. The van der Waals surface area contributed by atoms with Gasteiger partial charge >= 0.3 is 0 Å². The second-order valence-corrected chi connectivity index (χ2v) is 4.16. The molecule has 0 radical (unpaired) electrons. The lowest BCUT2D eigenvalue weighted by atomic mass is 10.5. The van der Waals surface area contributed by atoms with Crippen LogP contribution in [0, 0.1) is 0 Å². The molecule has 0 aliphatic rings. The summed E-state index contributed by atoms with van der Waals surface area (Å²) < 4.78 is 0. The average Bonchev–Trinajstić information content (AvgIpc) is 2.01. The van der Waals surface area contributed by atoms with Crippen LogP contribution < -0.4 is 0 Å². The SMILES string of the molecule is CSCCN(CCS)CCS. The molecule has 0 N–H and O–H groups in total. The van der Waals surface area contributed by atoms with Gasteiger partial charge in [0, 0.05) is 36.9 Å². The van der Waals surface area contributed by atoms with Crippen LogP contribution in [0.15, 0.2) is 0 Å². The Bertz CT molecular complexity index is 74.1. The molecule has 68 valence electrons. The summed E-state index contributed by atoms with van der Waals surface area (Å²) in [5.74, 6) is 3.10. The second kappa shape index (κ2) is 9.10. The summed E-state index contributed by atoms with van der Waals surface area (Å²) in [7, 11) is 0. The van der Waals surface area contributed by atoms with Crippen LogP contribution in [-0.4, -0.2) is 48.0 Å². The standard InChI is InChI=1S/C7H17NS3/c1-11-7-4-8(2-5-9)3-6-10/h9-10H,2-7H2,1H3. The van der Waals surface area contributed by atoms with Crippen LogP contribution in [0.5, 0.6) is 0 Å². The fraction of sp³-hybridized carbons (Fsp3) is 1.00. The van der Waals surface area contributed by atoms with Crippen molar-refractivity contribution in [1.29, 1.82) is 0 Å². The Morgan fingerprint density at radius 3 is 2.00 bits per heavy atom. The third-order valence-corrected chi connectivity index (χ3v) is 2.43. The van der Waals surface area contributed by atoms with E-state index < -0.39 is 0 Å². The fourth-order valence-corrected chi connectivity index (χ4v) is 1.85. The van der Waals surface area contributed by atoms with Crippen LogP contribution in [-0.2, 0) is 0 Å². The van der Waals surface area contributed by atoms with Crippen molar-refractivity contribution in [3.63, 3.8) is 0 Å². The molecule has 0 unspecified atom stereocenters. The molecule has 0 amide bonds. The Kier molecular flexibility index (Phi) is 9.94. The molecule has 11 heavy (non-hydrogen) atoms. The van der Waals surface area contributed by atoms with E-state index >= 15 is 0 Å². The quantitative estimate of drug-likeness (QED) is 0.615. The molecule has 0 heterocycles. The summed E-state index contributed by atoms with van der Waals surface area (Å²) >= 11 is 10.3. The number of thiol groups is 2. The first-order valence-corrected chi connectivity index (χ1v) is 6.44. The lowest BCUT2D eigenvalue weighted by Crippen LogP contribution is -2.30. The summed E-state index contributed by atoms with van der Waals surface area (Å²) in [5.41, 5.74) is 0. The zero-order valence-electron chi connectivity index (χ0n) is 6.99. The van der Waals surface area contributed by atoms with E-state index in [1.165, 1.54) is 12.3 Å². The van der Waals surface area contributed by atoms with Crippen LogP contribution in [0.1, 0.15) is 0 Å². The van der Waals surface area contributed by atoms with E-state index in [2.05, 4.69) is 36.4 Å². The first-order valence-electron chi connectivity index (χ1n) is 3.78. The zero-order chi connectivity index (χ0) is 8.53. The maximum Gasteiger partial charge on any atom is 0.00729 e. The van der Waals surface area contributed by atoms with Gasteiger partial charge in [-0.25, -0.2) is 0 Å². The van der Waals surface area contributed by atoms with Gasteiger partial charge in [-0.2, -0.15) is 37.0 Å². The predicted octanol–water partition coefficient (Wildman–Crippen LogP) is 1.51. The molecular formula is C7H17NS3. The van der Waals surface area contributed by atoms with Crippen molar-refractivity contribution >= 4 is 37.0 Å². The van der Waals surface area contributed by atoms with Crippen molar-refractivity contribution < 1.29 is 0 Å². The first kappa shape index (κ1) is 12.0. The summed E-state index contributed by atoms with van der Waals surface area (Å²) in [4.78, 5) is 2.40.